The molecule has 1 amide bonds. The summed E-state index contributed by atoms with van der Waals surface area (Å²) in [5.74, 6) is 0.709. The number of carbonyl (C=O) groups excluding carboxylic acids is 1. The number of benzene rings is 2. The highest BCUT2D eigenvalue weighted by molar-refractivity contribution is 6.07. The first-order chi connectivity index (χ1) is 12.0. The molecule has 128 valence electrons. The van der Waals surface area contributed by atoms with Crippen LogP contribution in [0.4, 0.5) is 0 Å². The molecule has 3 aromatic rings. The molecule has 0 aliphatic heterocycles. The molecule has 0 bridgehead atoms. The number of pyridine rings is 1. The summed E-state index contributed by atoms with van der Waals surface area (Å²) in [5, 5.41) is 3.85. The van der Waals surface area contributed by atoms with Crippen molar-refractivity contribution in [2.75, 3.05) is 7.11 Å². The van der Waals surface area contributed by atoms with E-state index in [1.807, 2.05) is 69.3 Å². The van der Waals surface area contributed by atoms with E-state index in [1.165, 1.54) is 0 Å². The van der Waals surface area contributed by atoms with Gasteiger partial charge >= 0.3 is 0 Å². The minimum atomic E-state index is -0.0808. The van der Waals surface area contributed by atoms with Crippen molar-refractivity contribution in [3.05, 3.63) is 59.7 Å². The van der Waals surface area contributed by atoms with E-state index in [2.05, 4.69) is 5.32 Å². The van der Waals surface area contributed by atoms with E-state index in [1.54, 1.807) is 7.11 Å². The summed E-state index contributed by atoms with van der Waals surface area (Å²) in [6.45, 7) is 5.93. The van der Waals surface area contributed by atoms with Crippen molar-refractivity contribution in [2.24, 2.45) is 0 Å². The third kappa shape index (κ3) is 3.63. The van der Waals surface area contributed by atoms with Crippen molar-refractivity contribution >= 4 is 16.8 Å². The fourth-order valence-electron chi connectivity index (χ4n) is 2.78. The van der Waals surface area contributed by atoms with Gasteiger partial charge in [-0.3, -0.25) is 4.79 Å². The van der Waals surface area contributed by atoms with E-state index in [4.69, 9.17) is 9.72 Å². The van der Waals surface area contributed by atoms with Crippen LogP contribution in [0, 0.1) is 6.92 Å². The van der Waals surface area contributed by atoms with Gasteiger partial charge in [-0.05, 0) is 63.2 Å². The summed E-state index contributed by atoms with van der Waals surface area (Å²) >= 11 is 0. The zero-order chi connectivity index (χ0) is 18.0. The standard InChI is InChI=1S/C21H22N2O2/c1-13(2)22-21(24)18-12-20(15-6-8-16(25-4)9-7-15)23-19-10-5-14(3)11-17(18)19/h5-13H,1-4H3,(H,22,24). The number of aromatic nitrogens is 1. The Bertz CT molecular complexity index is 915. The number of hydrogen-bond donors (Lipinski definition) is 1. The van der Waals surface area contributed by atoms with E-state index in [-0.39, 0.29) is 11.9 Å². The van der Waals surface area contributed by atoms with Crippen molar-refractivity contribution in [1.29, 1.82) is 0 Å². The second kappa shape index (κ2) is 6.93. The average Bonchev–Trinajstić information content (AvgIpc) is 2.60. The summed E-state index contributed by atoms with van der Waals surface area (Å²) in [5.41, 5.74) is 4.28. The molecule has 0 radical (unpaired) electrons. The fourth-order valence-corrected chi connectivity index (χ4v) is 2.78. The number of ether oxygens (including phenoxy) is 1. The van der Waals surface area contributed by atoms with Crippen molar-refractivity contribution in [1.82, 2.24) is 10.3 Å². The van der Waals surface area contributed by atoms with Gasteiger partial charge < -0.3 is 10.1 Å². The summed E-state index contributed by atoms with van der Waals surface area (Å²) in [7, 11) is 1.64. The Morgan fingerprint density at radius 3 is 2.44 bits per heavy atom. The summed E-state index contributed by atoms with van der Waals surface area (Å²) < 4.78 is 5.21. The van der Waals surface area contributed by atoms with Gasteiger partial charge in [-0.1, -0.05) is 11.6 Å². The van der Waals surface area contributed by atoms with Gasteiger partial charge in [0.2, 0.25) is 0 Å². The predicted octanol–water partition coefficient (Wildman–Crippen LogP) is 4.36. The Kier molecular flexibility index (Phi) is 4.70. The Morgan fingerprint density at radius 1 is 1.08 bits per heavy atom. The molecule has 0 saturated carbocycles. The Balaban J connectivity index is 2.16. The van der Waals surface area contributed by atoms with E-state index in [0.29, 0.717) is 5.56 Å². The Labute approximate surface area is 147 Å². The molecule has 1 aromatic heterocycles. The number of rotatable bonds is 4. The molecule has 0 aliphatic rings. The number of amides is 1. The number of hydrogen-bond acceptors (Lipinski definition) is 3. The zero-order valence-electron chi connectivity index (χ0n) is 15.0. The van der Waals surface area contributed by atoms with Crippen LogP contribution in [-0.4, -0.2) is 24.0 Å². The average molecular weight is 334 g/mol. The number of fused-ring (bicyclic) bond motifs is 1. The first kappa shape index (κ1) is 17.0. The molecule has 0 fully saturated rings. The van der Waals surface area contributed by atoms with Crippen LogP contribution in [0.2, 0.25) is 0 Å². The van der Waals surface area contributed by atoms with E-state index < -0.39 is 0 Å². The van der Waals surface area contributed by atoms with Crippen LogP contribution in [0.3, 0.4) is 0 Å². The number of nitrogens with zero attached hydrogens (tertiary/aromatic N) is 1. The fraction of sp³-hybridized carbons (Fsp3) is 0.238. The molecule has 1 N–H and O–H groups in total. The van der Waals surface area contributed by atoms with Crippen molar-refractivity contribution < 1.29 is 9.53 Å². The van der Waals surface area contributed by atoms with E-state index in [9.17, 15) is 4.79 Å². The minimum absolute atomic E-state index is 0.0740. The highest BCUT2D eigenvalue weighted by atomic mass is 16.5. The minimum Gasteiger partial charge on any atom is -0.497 e. The molecule has 1 heterocycles. The van der Waals surface area contributed by atoms with Gasteiger partial charge in [0.15, 0.2) is 0 Å². The lowest BCUT2D eigenvalue weighted by Gasteiger charge is -2.13. The highest BCUT2D eigenvalue weighted by Crippen LogP contribution is 2.27. The van der Waals surface area contributed by atoms with Crippen LogP contribution in [0.1, 0.15) is 29.8 Å². The molecule has 0 atom stereocenters. The largest absolute Gasteiger partial charge is 0.497 e. The monoisotopic (exact) mass is 334 g/mol. The van der Waals surface area contributed by atoms with Gasteiger partial charge in [-0.25, -0.2) is 4.98 Å². The molecule has 4 nitrogen and oxygen atoms in total. The van der Waals surface area contributed by atoms with Gasteiger partial charge in [-0.2, -0.15) is 0 Å². The molecule has 0 aliphatic carbocycles. The molecule has 4 heteroatoms. The summed E-state index contributed by atoms with van der Waals surface area (Å²) in [6.07, 6.45) is 0. The maximum atomic E-state index is 12.7. The first-order valence-corrected chi connectivity index (χ1v) is 8.34. The van der Waals surface area contributed by atoms with E-state index >= 15 is 0 Å². The molecule has 25 heavy (non-hydrogen) atoms. The smallest absolute Gasteiger partial charge is 0.252 e. The van der Waals surface area contributed by atoms with Crippen molar-refractivity contribution in [3.63, 3.8) is 0 Å². The predicted molar refractivity (Wildman–Crippen MR) is 101 cm³/mol. The molecular weight excluding hydrogens is 312 g/mol. The number of nitrogens with one attached hydrogen (secondary N) is 1. The first-order valence-electron chi connectivity index (χ1n) is 8.34. The highest BCUT2D eigenvalue weighted by Gasteiger charge is 2.15. The lowest BCUT2D eigenvalue weighted by atomic mass is 10.0. The zero-order valence-corrected chi connectivity index (χ0v) is 15.0. The van der Waals surface area contributed by atoms with Crippen LogP contribution in [0.25, 0.3) is 22.2 Å². The molecule has 2 aromatic carbocycles. The Morgan fingerprint density at radius 2 is 1.80 bits per heavy atom. The molecule has 0 spiro atoms. The maximum Gasteiger partial charge on any atom is 0.252 e. The van der Waals surface area contributed by atoms with Crippen LogP contribution >= 0.6 is 0 Å². The van der Waals surface area contributed by atoms with Crippen molar-refractivity contribution in [2.45, 2.75) is 26.8 Å². The van der Waals surface area contributed by atoms with Crippen LogP contribution in [0.15, 0.2) is 48.5 Å². The number of carbonyl (C=O) groups is 1. The molecular formula is C21H22N2O2. The third-order valence-corrected chi connectivity index (χ3v) is 4.01. The van der Waals surface area contributed by atoms with Crippen LogP contribution in [0.5, 0.6) is 5.75 Å². The van der Waals surface area contributed by atoms with Gasteiger partial charge in [0.05, 0.1) is 23.9 Å². The van der Waals surface area contributed by atoms with Gasteiger partial charge in [-0.15, -0.1) is 0 Å². The maximum absolute atomic E-state index is 12.7. The molecule has 0 unspecified atom stereocenters. The SMILES string of the molecule is COc1ccc(-c2cc(C(=O)NC(C)C)c3cc(C)ccc3n2)cc1. The number of aryl methyl sites for hydroxylation is 1. The second-order valence-electron chi connectivity index (χ2n) is 6.43. The Hall–Kier alpha value is -2.88. The molecule has 3 rings (SSSR count). The lowest BCUT2D eigenvalue weighted by molar-refractivity contribution is 0.0945. The van der Waals surface area contributed by atoms with Crippen LogP contribution < -0.4 is 10.1 Å². The van der Waals surface area contributed by atoms with E-state index in [0.717, 1.165) is 33.5 Å². The van der Waals surface area contributed by atoms with Crippen molar-refractivity contribution in [3.8, 4) is 17.0 Å². The topological polar surface area (TPSA) is 51.2 Å². The van der Waals surface area contributed by atoms with Gasteiger partial charge in [0, 0.05) is 17.0 Å². The second-order valence-corrected chi connectivity index (χ2v) is 6.43. The van der Waals surface area contributed by atoms with Gasteiger partial charge in [0.25, 0.3) is 5.91 Å². The number of methoxy groups -OCH3 is 1. The lowest BCUT2D eigenvalue weighted by Crippen LogP contribution is -2.30. The molecule has 0 saturated heterocycles. The van der Waals surface area contributed by atoms with Gasteiger partial charge in [0.1, 0.15) is 5.75 Å². The summed E-state index contributed by atoms with van der Waals surface area (Å²) in [6, 6.07) is 15.6. The third-order valence-electron chi connectivity index (χ3n) is 4.01. The van der Waals surface area contributed by atoms with Crippen LogP contribution in [-0.2, 0) is 0 Å². The summed E-state index contributed by atoms with van der Waals surface area (Å²) in [4.78, 5) is 17.4. The quantitative estimate of drug-likeness (QED) is 0.771. The normalized spacial score (nSPS) is 10.9.